The molecular formula is C25H29ClN6O. The number of benzene rings is 1. The third-order valence-corrected chi connectivity index (χ3v) is 8.35. The summed E-state index contributed by atoms with van der Waals surface area (Å²) in [6, 6.07) is 3.90. The average Bonchev–Trinajstić information content (AvgIpc) is 3.56. The molecule has 0 atom stereocenters. The Morgan fingerprint density at radius 1 is 1.12 bits per heavy atom. The van der Waals surface area contributed by atoms with Gasteiger partial charge in [-0.2, -0.15) is 10.1 Å². The second-order valence-corrected chi connectivity index (χ2v) is 10.1. The van der Waals surface area contributed by atoms with Crippen molar-refractivity contribution in [3.8, 4) is 11.1 Å². The highest BCUT2D eigenvalue weighted by Crippen LogP contribution is 2.46. The van der Waals surface area contributed by atoms with Gasteiger partial charge in [-0.25, -0.2) is 0 Å². The number of nitrogens with zero attached hydrogens (tertiary/aromatic N) is 5. The zero-order chi connectivity index (χ0) is 22.7. The van der Waals surface area contributed by atoms with Crippen molar-refractivity contribution < 1.29 is 0 Å². The van der Waals surface area contributed by atoms with Crippen molar-refractivity contribution >= 4 is 39.5 Å². The predicted octanol–water partition coefficient (Wildman–Crippen LogP) is 5.11. The topological polar surface area (TPSA) is 71.7 Å². The summed E-state index contributed by atoms with van der Waals surface area (Å²) in [6.07, 6.45) is 11.6. The Kier molecular flexibility index (Phi) is 4.80. The minimum atomic E-state index is -0.0483. The van der Waals surface area contributed by atoms with Crippen LogP contribution in [0.15, 0.2) is 29.3 Å². The molecule has 4 aromatic rings. The number of H-pyrrole nitrogens is 1. The molecule has 8 heteroatoms. The van der Waals surface area contributed by atoms with Crippen molar-refractivity contribution in [2.75, 3.05) is 18.0 Å². The second kappa shape index (κ2) is 7.62. The Morgan fingerprint density at radius 3 is 2.61 bits per heavy atom. The molecular weight excluding hydrogens is 436 g/mol. The van der Waals surface area contributed by atoms with E-state index in [2.05, 4.69) is 15.0 Å². The van der Waals surface area contributed by atoms with Gasteiger partial charge in [-0.1, -0.05) is 30.5 Å². The molecule has 1 saturated carbocycles. The fourth-order valence-corrected chi connectivity index (χ4v) is 6.24. The molecule has 0 amide bonds. The molecule has 1 aliphatic heterocycles. The van der Waals surface area contributed by atoms with Crippen molar-refractivity contribution in [3.05, 3.63) is 39.9 Å². The van der Waals surface area contributed by atoms with Crippen LogP contribution in [0.2, 0.25) is 5.02 Å². The van der Waals surface area contributed by atoms with E-state index in [1.807, 2.05) is 43.2 Å². The normalized spacial score (nSPS) is 18.2. The van der Waals surface area contributed by atoms with E-state index < -0.39 is 0 Å². The van der Waals surface area contributed by atoms with Crippen molar-refractivity contribution in [3.63, 3.8) is 0 Å². The molecule has 0 bridgehead atoms. The van der Waals surface area contributed by atoms with Gasteiger partial charge in [0, 0.05) is 55.6 Å². The van der Waals surface area contributed by atoms with E-state index >= 15 is 0 Å². The first kappa shape index (κ1) is 20.8. The molecule has 0 unspecified atom stereocenters. The number of aryl methyl sites for hydroxylation is 1. The molecule has 0 radical (unpaired) electrons. The molecule has 4 heterocycles. The molecule has 33 heavy (non-hydrogen) atoms. The van der Waals surface area contributed by atoms with Crippen LogP contribution in [-0.4, -0.2) is 37.4 Å². The van der Waals surface area contributed by atoms with E-state index in [9.17, 15) is 4.79 Å². The first-order chi connectivity index (χ1) is 16.0. The molecule has 1 saturated heterocycles. The average molecular weight is 465 g/mol. The van der Waals surface area contributed by atoms with E-state index in [4.69, 9.17) is 16.6 Å². The SMILES string of the molecule is CCn1cc2c(Cl)c(-c3c[nH]c4nc(N5CCC6(CCCC6)CC5)n(C)c(=O)c34)ccc2n1. The number of anilines is 1. The van der Waals surface area contributed by atoms with Crippen LogP contribution in [0.4, 0.5) is 5.95 Å². The third-order valence-electron chi connectivity index (χ3n) is 7.95. The van der Waals surface area contributed by atoms with E-state index in [1.54, 1.807) is 4.57 Å². The summed E-state index contributed by atoms with van der Waals surface area (Å²) in [5.41, 5.74) is 3.55. The Balaban J connectivity index is 1.40. The molecule has 1 N–H and O–H groups in total. The molecule has 1 aliphatic carbocycles. The van der Waals surface area contributed by atoms with Crippen LogP contribution < -0.4 is 10.5 Å². The number of hydrogen-bond acceptors (Lipinski definition) is 4. The van der Waals surface area contributed by atoms with Crippen molar-refractivity contribution in [2.45, 2.75) is 52.0 Å². The molecule has 6 rings (SSSR count). The van der Waals surface area contributed by atoms with Crippen LogP contribution in [0.3, 0.4) is 0 Å². The second-order valence-electron chi connectivity index (χ2n) is 9.74. The van der Waals surface area contributed by atoms with Gasteiger partial charge < -0.3 is 9.88 Å². The predicted molar refractivity (Wildman–Crippen MR) is 133 cm³/mol. The highest BCUT2D eigenvalue weighted by molar-refractivity contribution is 6.38. The third kappa shape index (κ3) is 3.20. The van der Waals surface area contributed by atoms with Crippen molar-refractivity contribution in [2.24, 2.45) is 12.5 Å². The van der Waals surface area contributed by atoms with E-state index in [1.165, 1.54) is 38.5 Å². The van der Waals surface area contributed by atoms with Gasteiger partial charge >= 0.3 is 0 Å². The number of piperidine rings is 1. The van der Waals surface area contributed by atoms with E-state index in [0.717, 1.165) is 47.6 Å². The van der Waals surface area contributed by atoms with Crippen LogP contribution in [0, 0.1) is 5.41 Å². The van der Waals surface area contributed by atoms with E-state index in [0.29, 0.717) is 21.5 Å². The zero-order valence-electron chi connectivity index (χ0n) is 19.2. The molecule has 172 valence electrons. The van der Waals surface area contributed by atoms with E-state index in [-0.39, 0.29) is 5.56 Å². The van der Waals surface area contributed by atoms with Crippen LogP contribution in [-0.2, 0) is 13.6 Å². The summed E-state index contributed by atoms with van der Waals surface area (Å²) in [5.74, 6) is 0.750. The maximum Gasteiger partial charge on any atom is 0.264 e. The number of nitrogens with one attached hydrogen (secondary N) is 1. The van der Waals surface area contributed by atoms with Crippen molar-refractivity contribution in [1.29, 1.82) is 0 Å². The Hall–Kier alpha value is -2.80. The number of hydrogen-bond donors (Lipinski definition) is 1. The summed E-state index contributed by atoms with van der Waals surface area (Å²) in [4.78, 5) is 24.0. The van der Waals surface area contributed by atoms with Gasteiger partial charge in [0.25, 0.3) is 5.56 Å². The molecule has 7 nitrogen and oxygen atoms in total. The maximum absolute atomic E-state index is 13.5. The highest BCUT2D eigenvalue weighted by atomic mass is 35.5. The standard InChI is InChI=1S/C25H29ClN6O/c1-3-32-15-18-19(29-32)7-6-16(21(18)26)17-14-27-22-20(17)23(33)30(2)24(28-22)31-12-10-25(11-13-31)8-4-5-9-25/h6-7,14-15,27H,3-5,8-13H2,1-2H3. The quantitative estimate of drug-likeness (QED) is 0.457. The Morgan fingerprint density at radius 2 is 1.88 bits per heavy atom. The molecule has 2 aliphatic rings. The summed E-state index contributed by atoms with van der Waals surface area (Å²) in [7, 11) is 1.83. The number of halogens is 1. The van der Waals surface area contributed by atoms with Crippen LogP contribution in [0.25, 0.3) is 33.1 Å². The largest absolute Gasteiger partial charge is 0.345 e. The van der Waals surface area contributed by atoms with Crippen molar-refractivity contribution in [1.82, 2.24) is 24.3 Å². The fourth-order valence-electron chi connectivity index (χ4n) is 5.93. The minimum Gasteiger partial charge on any atom is -0.345 e. The fraction of sp³-hybridized carbons (Fsp3) is 0.480. The van der Waals surface area contributed by atoms with Crippen LogP contribution >= 0.6 is 11.6 Å². The van der Waals surface area contributed by atoms with Gasteiger partial charge in [-0.15, -0.1) is 0 Å². The summed E-state index contributed by atoms with van der Waals surface area (Å²) in [6.45, 7) is 4.74. The molecule has 1 aromatic carbocycles. The molecule has 1 spiro atoms. The number of aromatic nitrogens is 5. The summed E-state index contributed by atoms with van der Waals surface area (Å²) >= 11 is 6.80. The lowest BCUT2D eigenvalue weighted by molar-refractivity contribution is 0.225. The monoisotopic (exact) mass is 464 g/mol. The summed E-state index contributed by atoms with van der Waals surface area (Å²) < 4.78 is 3.57. The van der Waals surface area contributed by atoms with Crippen LogP contribution in [0.5, 0.6) is 0 Å². The number of rotatable bonds is 3. The zero-order valence-corrected chi connectivity index (χ0v) is 20.0. The smallest absolute Gasteiger partial charge is 0.264 e. The Bertz CT molecular complexity index is 1410. The lowest BCUT2D eigenvalue weighted by atomic mass is 9.77. The van der Waals surface area contributed by atoms with Gasteiger partial charge in [0.15, 0.2) is 0 Å². The van der Waals surface area contributed by atoms with Gasteiger partial charge in [-0.3, -0.25) is 14.0 Å². The lowest BCUT2D eigenvalue weighted by Crippen LogP contribution is -2.41. The first-order valence-corrected chi connectivity index (χ1v) is 12.4. The molecule has 2 fully saturated rings. The first-order valence-electron chi connectivity index (χ1n) is 12.0. The summed E-state index contributed by atoms with van der Waals surface area (Å²) in [5, 5.41) is 6.62. The molecule has 3 aromatic heterocycles. The maximum atomic E-state index is 13.5. The van der Waals surface area contributed by atoms with Gasteiger partial charge in [-0.05, 0) is 44.1 Å². The lowest BCUT2D eigenvalue weighted by Gasteiger charge is -2.40. The highest BCUT2D eigenvalue weighted by Gasteiger charge is 2.37. The number of fused-ring (bicyclic) bond motifs is 2. The van der Waals surface area contributed by atoms with Crippen LogP contribution in [0.1, 0.15) is 45.4 Å². The number of aromatic amines is 1. The van der Waals surface area contributed by atoms with Gasteiger partial charge in [0.05, 0.1) is 15.9 Å². The Labute approximate surface area is 197 Å². The minimum absolute atomic E-state index is 0.0483. The van der Waals surface area contributed by atoms with Gasteiger partial charge in [0.2, 0.25) is 5.95 Å². The van der Waals surface area contributed by atoms with Gasteiger partial charge in [0.1, 0.15) is 5.65 Å².